The van der Waals surface area contributed by atoms with E-state index in [2.05, 4.69) is 36.8 Å². The van der Waals surface area contributed by atoms with E-state index in [0.29, 0.717) is 6.04 Å². The molecule has 102 valence electrons. The number of likely N-dealkylation sites (tertiary alicyclic amines) is 1. The van der Waals surface area contributed by atoms with E-state index in [0.717, 1.165) is 33.4 Å². The summed E-state index contributed by atoms with van der Waals surface area (Å²) in [6.07, 6.45) is 6.22. The number of nitrogens with zero attached hydrogens (tertiary/aromatic N) is 1. The lowest BCUT2D eigenvalue weighted by atomic mass is 9.91. The van der Waals surface area contributed by atoms with E-state index in [1.54, 1.807) is 0 Å². The van der Waals surface area contributed by atoms with Gasteiger partial charge in [-0.2, -0.15) is 0 Å². The van der Waals surface area contributed by atoms with Gasteiger partial charge in [-0.05, 0) is 65.7 Å². The first-order valence-electron chi connectivity index (χ1n) is 6.93. The van der Waals surface area contributed by atoms with Crippen LogP contribution in [-0.2, 0) is 0 Å². The molecule has 2 aliphatic rings. The highest BCUT2D eigenvalue weighted by Gasteiger charge is 2.37. The van der Waals surface area contributed by atoms with Gasteiger partial charge >= 0.3 is 0 Å². The van der Waals surface area contributed by atoms with E-state index in [1.165, 1.54) is 25.7 Å². The molecule has 1 aliphatic carbocycles. The van der Waals surface area contributed by atoms with E-state index >= 15 is 0 Å². The number of amides is 1. The largest absolute Gasteiger partial charge is 0.335 e. The molecule has 1 aromatic rings. The second-order valence-electron chi connectivity index (χ2n) is 5.52. The molecule has 4 heteroatoms. The maximum atomic E-state index is 12.8. The zero-order chi connectivity index (χ0) is 13.4. The molecule has 2 unspecified atom stereocenters. The Hall–Kier alpha value is -0.350. The van der Waals surface area contributed by atoms with Crippen molar-refractivity contribution in [2.45, 2.75) is 38.1 Å². The molecule has 1 amide bonds. The molecule has 1 aromatic carbocycles. The Kier molecular flexibility index (Phi) is 3.99. The van der Waals surface area contributed by atoms with Gasteiger partial charge in [0, 0.05) is 21.5 Å². The highest BCUT2D eigenvalue weighted by molar-refractivity contribution is 9.11. The summed E-state index contributed by atoms with van der Waals surface area (Å²) in [4.78, 5) is 14.9. The third-order valence-electron chi connectivity index (χ3n) is 4.42. The van der Waals surface area contributed by atoms with Gasteiger partial charge in [-0.3, -0.25) is 4.79 Å². The van der Waals surface area contributed by atoms with Gasteiger partial charge in [-0.15, -0.1) is 0 Å². The average molecular weight is 387 g/mol. The molecule has 0 aromatic heterocycles. The van der Waals surface area contributed by atoms with Crippen LogP contribution in [0.4, 0.5) is 0 Å². The molecule has 0 radical (unpaired) electrons. The van der Waals surface area contributed by atoms with Crippen molar-refractivity contribution in [3.63, 3.8) is 0 Å². The second-order valence-corrected chi connectivity index (χ2v) is 7.29. The summed E-state index contributed by atoms with van der Waals surface area (Å²) in [7, 11) is 0. The minimum absolute atomic E-state index is 0.191. The van der Waals surface area contributed by atoms with Crippen molar-refractivity contribution >= 4 is 37.8 Å². The number of halogens is 2. The molecule has 1 saturated carbocycles. The van der Waals surface area contributed by atoms with Crippen LogP contribution in [0, 0.1) is 5.92 Å². The van der Waals surface area contributed by atoms with Crippen LogP contribution in [0.3, 0.4) is 0 Å². The molecule has 1 saturated heterocycles. The van der Waals surface area contributed by atoms with Gasteiger partial charge in [-0.1, -0.05) is 22.4 Å². The molecular weight excluding hydrogens is 370 g/mol. The van der Waals surface area contributed by atoms with Crippen molar-refractivity contribution in [1.82, 2.24) is 4.90 Å². The maximum absolute atomic E-state index is 12.8. The van der Waals surface area contributed by atoms with E-state index in [4.69, 9.17) is 0 Å². The lowest BCUT2D eigenvalue weighted by Crippen LogP contribution is -2.46. The van der Waals surface area contributed by atoms with E-state index in [9.17, 15) is 4.79 Å². The van der Waals surface area contributed by atoms with E-state index in [1.807, 2.05) is 18.2 Å². The van der Waals surface area contributed by atoms with Gasteiger partial charge in [0.25, 0.3) is 5.91 Å². The van der Waals surface area contributed by atoms with Crippen LogP contribution in [0.2, 0.25) is 0 Å². The van der Waals surface area contributed by atoms with Gasteiger partial charge in [0.15, 0.2) is 0 Å². The summed E-state index contributed by atoms with van der Waals surface area (Å²) < 4.78 is 1.88. The zero-order valence-electron chi connectivity index (χ0n) is 10.7. The SMILES string of the molecule is O=C(c1ccc(Br)cc1Br)N1CCCC2CCCC21. The third kappa shape index (κ3) is 2.62. The first-order chi connectivity index (χ1) is 9.16. The van der Waals surface area contributed by atoms with Gasteiger partial charge in [0.2, 0.25) is 0 Å². The summed E-state index contributed by atoms with van der Waals surface area (Å²) in [5.41, 5.74) is 0.788. The minimum Gasteiger partial charge on any atom is -0.335 e. The predicted octanol–water partition coefficient (Wildman–Crippen LogP) is 4.62. The fourth-order valence-electron chi connectivity index (χ4n) is 3.52. The van der Waals surface area contributed by atoms with Gasteiger partial charge < -0.3 is 4.90 Å². The molecule has 19 heavy (non-hydrogen) atoms. The third-order valence-corrected chi connectivity index (χ3v) is 5.56. The number of carbonyl (C=O) groups excluding carboxylic acids is 1. The van der Waals surface area contributed by atoms with Crippen molar-refractivity contribution in [1.29, 1.82) is 0 Å². The van der Waals surface area contributed by atoms with Crippen LogP contribution in [-0.4, -0.2) is 23.4 Å². The Morgan fingerprint density at radius 2 is 1.95 bits per heavy atom. The van der Waals surface area contributed by atoms with Crippen molar-refractivity contribution < 1.29 is 4.79 Å². The summed E-state index contributed by atoms with van der Waals surface area (Å²) in [5.74, 6) is 0.933. The van der Waals surface area contributed by atoms with Crippen LogP contribution < -0.4 is 0 Å². The van der Waals surface area contributed by atoms with Crippen LogP contribution in [0.25, 0.3) is 0 Å². The normalized spacial score (nSPS) is 26.3. The topological polar surface area (TPSA) is 20.3 Å². The monoisotopic (exact) mass is 385 g/mol. The predicted molar refractivity (Wildman–Crippen MR) is 83.2 cm³/mol. The minimum atomic E-state index is 0.191. The molecule has 2 nitrogen and oxygen atoms in total. The quantitative estimate of drug-likeness (QED) is 0.689. The molecule has 2 fully saturated rings. The average Bonchev–Trinajstić information content (AvgIpc) is 2.86. The molecular formula is C15H17Br2NO. The molecule has 1 heterocycles. The van der Waals surface area contributed by atoms with Gasteiger partial charge in [0.1, 0.15) is 0 Å². The molecule has 0 bridgehead atoms. The number of hydrogen-bond acceptors (Lipinski definition) is 1. The Balaban J connectivity index is 1.86. The fraction of sp³-hybridized carbons (Fsp3) is 0.533. The molecule has 3 rings (SSSR count). The Morgan fingerprint density at radius 3 is 2.74 bits per heavy atom. The lowest BCUT2D eigenvalue weighted by Gasteiger charge is -2.38. The van der Waals surface area contributed by atoms with Crippen molar-refractivity contribution in [2.75, 3.05) is 6.54 Å². The van der Waals surface area contributed by atoms with Crippen molar-refractivity contribution in [3.05, 3.63) is 32.7 Å². The maximum Gasteiger partial charge on any atom is 0.255 e. The lowest BCUT2D eigenvalue weighted by molar-refractivity contribution is 0.0547. The summed E-state index contributed by atoms with van der Waals surface area (Å²) in [6, 6.07) is 6.28. The van der Waals surface area contributed by atoms with Crippen LogP contribution in [0.15, 0.2) is 27.1 Å². The number of piperidine rings is 1. The van der Waals surface area contributed by atoms with Crippen molar-refractivity contribution in [2.24, 2.45) is 5.92 Å². The first kappa shape index (κ1) is 13.6. The van der Waals surface area contributed by atoms with E-state index in [-0.39, 0.29) is 5.91 Å². The number of rotatable bonds is 1. The summed E-state index contributed by atoms with van der Waals surface area (Å²) in [5, 5.41) is 0. The smallest absolute Gasteiger partial charge is 0.255 e. The highest BCUT2D eigenvalue weighted by atomic mass is 79.9. The van der Waals surface area contributed by atoms with Crippen LogP contribution in [0.5, 0.6) is 0 Å². The van der Waals surface area contributed by atoms with Crippen molar-refractivity contribution in [3.8, 4) is 0 Å². The summed E-state index contributed by atoms with van der Waals surface area (Å²) in [6.45, 7) is 0.919. The van der Waals surface area contributed by atoms with Crippen LogP contribution >= 0.6 is 31.9 Å². The Labute approximate surface area is 130 Å². The number of carbonyl (C=O) groups is 1. The second kappa shape index (κ2) is 5.57. The molecule has 1 aliphatic heterocycles. The molecule has 0 N–H and O–H groups in total. The van der Waals surface area contributed by atoms with E-state index < -0.39 is 0 Å². The zero-order valence-corrected chi connectivity index (χ0v) is 13.9. The standard InChI is InChI=1S/C15H17Br2NO/c16-11-6-7-12(13(17)9-11)15(19)18-8-2-4-10-3-1-5-14(10)18/h6-7,9-10,14H,1-5,8H2. The first-order valence-corrected chi connectivity index (χ1v) is 8.51. The Morgan fingerprint density at radius 1 is 1.16 bits per heavy atom. The fourth-order valence-corrected chi connectivity index (χ4v) is 4.74. The highest BCUT2D eigenvalue weighted by Crippen LogP contribution is 2.38. The molecule has 0 spiro atoms. The number of benzene rings is 1. The molecule has 2 atom stereocenters. The van der Waals surface area contributed by atoms with Crippen LogP contribution in [0.1, 0.15) is 42.5 Å². The Bertz CT molecular complexity index is 503. The number of fused-ring (bicyclic) bond motifs is 1. The van der Waals surface area contributed by atoms with Gasteiger partial charge in [0.05, 0.1) is 5.56 Å². The number of hydrogen-bond donors (Lipinski definition) is 0. The van der Waals surface area contributed by atoms with Gasteiger partial charge in [-0.25, -0.2) is 0 Å². The summed E-state index contributed by atoms with van der Waals surface area (Å²) >= 11 is 6.94.